The van der Waals surface area contributed by atoms with E-state index in [-0.39, 0.29) is 37.4 Å². The van der Waals surface area contributed by atoms with Crippen LogP contribution in [0, 0.1) is 0 Å². The Morgan fingerprint density at radius 1 is 0.852 bits per heavy atom. The summed E-state index contributed by atoms with van der Waals surface area (Å²) in [4.78, 5) is 34.9. The van der Waals surface area contributed by atoms with Gasteiger partial charge in [-0.25, -0.2) is 9.59 Å². The fourth-order valence-corrected chi connectivity index (χ4v) is 2.38. The molecule has 0 aliphatic carbocycles. The molecular formula is C20H20O7. The van der Waals surface area contributed by atoms with Gasteiger partial charge in [0, 0.05) is 12.0 Å². The van der Waals surface area contributed by atoms with Crippen LogP contribution in [0.25, 0.3) is 0 Å². The maximum atomic E-state index is 11.8. The molecular weight excluding hydrogens is 352 g/mol. The van der Waals surface area contributed by atoms with Gasteiger partial charge in [-0.3, -0.25) is 4.79 Å². The zero-order valence-electron chi connectivity index (χ0n) is 14.5. The first-order valence-corrected chi connectivity index (χ1v) is 8.30. The second kappa shape index (κ2) is 9.61. The topological polar surface area (TPSA) is 110 Å². The van der Waals surface area contributed by atoms with E-state index < -0.39 is 23.3 Å². The summed E-state index contributed by atoms with van der Waals surface area (Å²) in [6, 6.07) is 16.0. The van der Waals surface area contributed by atoms with Crippen LogP contribution in [-0.4, -0.2) is 47.8 Å². The molecule has 2 aromatic carbocycles. The van der Waals surface area contributed by atoms with Crippen molar-refractivity contribution >= 4 is 17.7 Å². The number of Topliss-reactive ketones (excluding diaryl/α,β-unsaturated/α-hetero) is 1. The smallest absolute Gasteiger partial charge is 0.379 e. The molecule has 0 aliphatic heterocycles. The molecule has 2 N–H and O–H groups in total. The van der Waals surface area contributed by atoms with Gasteiger partial charge in [0.05, 0.1) is 13.2 Å². The van der Waals surface area contributed by atoms with Crippen molar-refractivity contribution in [2.24, 2.45) is 0 Å². The minimum Gasteiger partial charge on any atom is -0.479 e. The maximum Gasteiger partial charge on any atom is 0.379 e. The normalized spacial score (nSPS) is 12.8. The van der Waals surface area contributed by atoms with Gasteiger partial charge in [0.25, 0.3) is 5.78 Å². The van der Waals surface area contributed by atoms with Crippen molar-refractivity contribution < 1.29 is 34.1 Å². The summed E-state index contributed by atoms with van der Waals surface area (Å²) in [6.07, 6.45) is -0.177. The second-order valence-corrected chi connectivity index (χ2v) is 5.72. The molecule has 1 unspecified atom stereocenters. The highest BCUT2D eigenvalue weighted by atomic mass is 16.6. The fraction of sp³-hybridized carbons (Fsp3) is 0.250. The quantitative estimate of drug-likeness (QED) is 0.283. The van der Waals surface area contributed by atoms with Crippen LogP contribution in [0.3, 0.4) is 0 Å². The Hall–Kier alpha value is -3.03. The minimum absolute atomic E-state index is 0.0295. The number of carbonyl (C=O) groups is 3. The monoisotopic (exact) mass is 372 g/mol. The number of ether oxygens (including phenoxy) is 2. The van der Waals surface area contributed by atoms with Crippen molar-refractivity contribution in [1.29, 1.82) is 0 Å². The third-order valence-electron chi connectivity index (χ3n) is 3.90. The second-order valence-electron chi connectivity index (χ2n) is 5.72. The lowest BCUT2D eigenvalue weighted by Crippen LogP contribution is -2.37. The van der Waals surface area contributed by atoms with E-state index in [0.717, 1.165) is 0 Å². The number of carbonyl (C=O) groups excluding carboxylic acids is 2. The maximum absolute atomic E-state index is 11.8. The van der Waals surface area contributed by atoms with Gasteiger partial charge in [0.2, 0.25) is 0 Å². The largest absolute Gasteiger partial charge is 0.479 e. The number of carboxylic acid groups (broad SMARTS) is 1. The third kappa shape index (κ3) is 5.47. The highest BCUT2D eigenvalue weighted by Gasteiger charge is 2.37. The lowest BCUT2D eigenvalue weighted by molar-refractivity contribution is -0.162. The summed E-state index contributed by atoms with van der Waals surface area (Å²) in [5, 5.41) is 19.7. The van der Waals surface area contributed by atoms with Gasteiger partial charge >= 0.3 is 11.9 Å². The number of hydrogen-bond acceptors (Lipinski definition) is 6. The van der Waals surface area contributed by atoms with Crippen LogP contribution >= 0.6 is 0 Å². The number of ketones is 1. The van der Waals surface area contributed by atoms with E-state index in [9.17, 15) is 24.6 Å². The molecule has 0 amide bonds. The molecule has 0 aliphatic rings. The molecule has 7 heteroatoms. The van der Waals surface area contributed by atoms with Crippen molar-refractivity contribution in [3.8, 4) is 0 Å². The van der Waals surface area contributed by atoms with Crippen molar-refractivity contribution in [2.45, 2.75) is 12.0 Å². The highest BCUT2D eigenvalue weighted by molar-refractivity contribution is 6.40. The van der Waals surface area contributed by atoms with Crippen molar-refractivity contribution in [2.75, 3.05) is 19.8 Å². The number of aliphatic hydroxyl groups is 1. The number of rotatable bonds is 10. The summed E-state index contributed by atoms with van der Waals surface area (Å²) in [5.74, 6) is -3.12. The lowest BCUT2D eigenvalue weighted by Gasteiger charge is -2.23. The molecule has 142 valence electrons. The van der Waals surface area contributed by atoms with Crippen LogP contribution in [-0.2, 0) is 24.7 Å². The van der Waals surface area contributed by atoms with Gasteiger partial charge in [0.1, 0.15) is 6.61 Å². The molecule has 0 fully saturated rings. The number of benzene rings is 2. The first-order valence-electron chi connectivity index (χ1n) is 8.30. The number of aliphatic carboxylic acids is 1. The van der Waals surface area contributed by atoms with E-state index in [0.29, 0.717) is 0 Å². The first-order chi connectivity index (χ1) is 12.9. The van der Waals surface area contributed by atoms with Gasteiger partial charge in [0.15, 0.2) is 5.60 Å². The molecule has 0 spiro atoms. The molecule has 0 heterocycles. The summed E-state index contributed by atoms with van der Waals surface area (Å²) in [5.41, 5.74) is -1.58. The van der Waals surface area contributed by atoms with Crippen LogP contribution in [0.4, 0.5) is 0 Å². The average Bonchev–Trinajstić information content (AvgIpc) is 2.70. The Kier molecular flexibility index (Phi) is 7.22. The van der Waals surface area contributed by atoms with Crippen molar-refractivity contribution in [3.63, 3.8) is 0 Å². The van der Waals surface area contributed by atoms with Crippen LogP contribution < -0.4 is 0 Å². The van der Waals surface area contributed by atoms with Gasteiger partial charge in [-0.15, -0.1) is 0 Å². The van der Waals surface area contributed by atoms with Crippen LogP contribution in [0.1, 0.15) is 22.3 Å². The van der Waals surface area contributed by atoms with E-state index >= 15 is 0 Å². The zero-order chi connectivity index (χ0) is 19.7. The Balaban J connectivity index is 1.74. The number of esters is 1. The minimum atomic E-state index is -2.07. The van der Waals surface area contributed by atoms with Crippen LogP contribution in [0.2, 0.25) is 0 Å². The molecule has 1 atom stereocenters. The Morgan fingerprint density at radius 2 is 1.44 bits per heavy atom. The summed E-state index contributed by atoms with van der Waals surface area (Å²) in [6.45, 7) is -0.256. The fourth-order valence-electron chi connectivity index (χ4n) is 2.38. The number of hydrogen-bond donors (Lipinski definition) is 2. The SMILES string of the molecule is O=C(OCCOCCC(O)(C(=O)O)c1ccccc1)C(=O)c1ccccc1. The number of carboxylic acids is 1. The Morgan fingerprint density at radius 3 is 2.04 bits per heavy atom. The molecule has 7 nitrogen and oxygen atoms in total. The predicted octanol–water partition coefficient (Wildman–Crippen LogP) is 1.79. The molecule has 0 radical (unpaired) electrons. The third-order valence-corrected chi connectivity index (χ3v) is 3.90. The van der Waals surface area contributed by atoms with Crippen LogP contribution in [0.15, 0.2) is 60.7 Å². The molecule has 27 heavy (non-hydrogen) atoms. The van der Waals surface area contributed by atoms with E-state index in [1.807, 2.05) is 0 Å². The first kappa shape index (κ1) is 20.3. The molecule has 0 aromatic heterocycles. The molecule has 0 saturated carbocycles. The predicted molar refractivity (Wildman–Crippen MR) is 95.1 cm³/mol. The molecule has 0 saturated heterocycles. The van der Waals surface area contributed by atoms with E-state index in [4.69, 9.17) is 9.47 Å². The van der Waals surface area contributed by atoms with Crippen LogP contribution in [0.5, 0.6) is 0 Å². The summed E-state index contributed by atoms with van der Waals surface area (Å²) >= 11 is 0. The average molecular weight is 372 g/mol. The van der Waals surface area contributed by atoms with E-state index in [2.05, 4.69) is 0 Å². The molecule has 2 rings (SSSR count). The van der Waals surface area contributed by atoms with Gasteiger partial charge in [-0.2, -0.15) is 0 Å². The summed E-state index contributed by atoms with van der Waals surface area (Å²) < 4.78 is 10.1. The lowest BCUT2D eigenvalue weighted by atomic mass is 9.91. The molecule has 0 bridgehead atoms. The Labute approximate surface area is 156 Å². The Bertz CT molecular complexity index is 773. The summed E-state index contributed by atoms with van der Waals surface area (Å²) in [7, 11) is 0. The van der Waals surface area contributed by atoms with Gasteiger partial charge in [-0.05, 0) is 5.56 Å². The van der Waals surface area contributed by atoms with E-state index in [1.54, 1.807) is 36.4 Å². The highest BCUT2D eigenvalue weighted by Crippen LogP contribution is 2.25. The van der Waals surface area contributed by atoms with Gasteiger partial charge < -0.3 is 19.7 Å². The van der Waals surface area contributed by atoms with Crippen molar-refractivity contribution in [1.82, 2.24) is 0 Å². The van der Waals surface area contributed by atoms with Gasteiger partial charge in [-0.1, -0.05) is 60.7 Å². The van der Waals surface area contributed by atoms with Crippen molar-refractivity contribution in [3.05, 3.63) is 71.8 Å². The standard InChI is InChI=1S/C20H20O7/c21-17(15-7-3-1-4-8-15)18(22)27-14-13-26-12-11-20(25,19(23)24)16-9-5-2-6-10-16/h1-10,25H,11-14H2,(H,23,24). The zero-order valence-corrected chi connectivity index (χ0v) is 14.5. The molecule has 2 aromatic rings. The van der Waals surface area contributed by atoms with E-state index in [1.165, 1.54) is 24.3 Å².